The van der Waals surface area contributed by atoms with E-state index >= 15 is 0 Å². The van der Waals surface area contributed by atoms with Gasteiger partial charge in [-0.25, -0.2) is 0 Å². The topological polar surface area (TPSA) is 72.9 Å². The third-order valence-electron chi connectivity index (χ3n) is 4.02. The zero-order chi connectivity index (χ0) is 14.2. The Hall–Kier alpha value is -1.52. The lowest BCUT2D eigenvalue weighted by Crippen LogP contribution is -2.41. The Morgan fingerprint density at radius 3 is 2.74 bits per heavy atom. The molecular formula is C14H24N4O. The van der Waals surface area contributed by atoms with Crippen LogP contribution >= 0.6 is 0 Å². The number of carbonyl (C=O) groups excluding carboxylic acids is 1. The number of nitrogens with two attached hydrogens (primary N) is 1. The highest BCUT2D eigenvalue weighted by atomic mass is 16.2. The summed E-state index contributed by atoms with van der Waals surface area (Å²) in [6.07, 6.45) is 4.46. The van der Waals surface area contributed by atoms with Gasteiger partial charge in [-0.15, -0.1) is 0 Å². The average Bonchev–Trinajstić information content (AvgIpc) is 2.51. The van der Waals surface area contributed by atoms with Crippen molar-refractivity contribution in [1.29, 1.82) is 0 Å². The summed E-state index contributed by atoms with van der Waals surface area (Å²) in [5, 5.41) is 7.29. The highest BCUT2D eigenvalue weighted by molar-refractivity contribution is 5.98. The quantitative estimate of drug-likeness (QED) is 0.858. The molecule has 0 saturated heterocycles. The van der Waals surface area contributed by atoms with Crippen LogP contribution in [0.1, 0.15) is 55.7 Å². The van der Waals surface area contributed by atoms with E-state index in [0.29, 0.717) is 22.5 Å². The van der Waals surface area contributed by atoms with Crippen molar-refractivity contribution in [2.45, 2.75) is 52.5 Å². The fourth-order valence-corrected chi connectivity index (χ4v) is 3.02. The number of aromatic nitrogens is 2. The fraction of sp³-hybridized carbons (Fsp3) is 0.714. The molecule has 1 amide bonds. The monoisotopic (exact) mass is 264 g/mol. The molecular weight excluding hydrogens is 240 g/mol. The predicted octanol–water partition coefficient (Wildman–Crippen LogP) is 2.01. The first-order chi connectivity index (χ1) is 8.80. The molecule has 1 aromatic rings. The van der Waals surface area contributed by atoms with Gasteiger partial charge in [0.05, 0.1) is 11.4 Å². The summed E-state index contributed by atoms with van der Waals surface area (Å²) in [5.74, 6) is -0.108. The van der Waals surface area contributed by atoms with Crippen molar-refractivity contribution >= 4 is 11.6 Å². The van der Waals surface area contributed by atoms with E-state index in [-0.39, 0.29) is 11.9 Å². The van der Waals surface area contributed by atoms with Crippen molar-refractivity contribution in [2.75, 3.05) is 5.73 Å². The molecule has 1 saturated carbocycles. The molecule has 0 bridgehead atoms. The molecule has 0 aromatic carbocycles. The van der Waals surface area contributed by atoms with Crippen LogP contribution in [0.2, 0.25) is 0 Å². The van der Waals surface area contributed by atoms with Crippen molar-refractivity contribution < 1.29 is 4.79 Å². The van der Waals surface area contributed by atoms with E-state index in [1.807, 2.05) is 6.92 Å². The molecule has 1 aliphatic carbocycles. The largest absolute Gasteiger partial charge is 0.395 e. The van der Waals surface area contributed by atoms with Crippen molar-refractivity contribution in [3.8, 4) is 0 Å². The van der Waals surface area contributed by atoms with E-state index < -0.39 is 0 Å². The van der Waals surface area contributed by atoms with Gasteiger partial charge in [0.1, 0.15) is 5.69 Å². The van der Waals surface area contributed by atoms with Crippen LogP contribution in [-0.4, -0.2) is 21.7 Å². The Kier molecular flexibility index (Phi) is 3.56. The molecule has 0 radical (unpaired) electrons. The second-order valence-electron chi connectivity index (χ2n) is 6.40. The molecule has 2 rings (SSSR count). The Morgan fingerprint density at radius 1 is 1.53 bits per heavy atom. The summed E-state index contributed by atoms with van der Waals surface area (Å²) < 4.78 is 1.56. The number of nitrogens with zero attached hydrogens (tertiary/aromatic N) is 2. The summed E-state index contributed by atoms with van der Waals surface area (Å²) >= 11 is 0. The normalized spacial score (nSPS) is 22.2. The first kappa shape index (κ1) is 13.9. The summed E-state index contributed by atoms with van der Waals surface area (Å²) in [6.45, 7) is 6.33. The summed E-state index contributed by atoms with van der Waals surface area (Å²) in [7, 11) is 1.75. The summed E-state index contributed by atoms with van der Waals surface area (Å²) in [5.41, 5.74) is 7.89. The minimum Gasteiger partial charge on any atom is -0.395 e. The van der Waals surface area contributed by atoms with E-state index in [1.54, 1.807) is 11.7 Å². The maximum absolute atomic E-state index is 12.3. The van der Waals surface area contributed by atoms with Crippen LogP contribution in [0.5, 0.6) is 0 Å². The predicted molar refractivity (Wildman–Crippen MR) is 75.9 cm³/mol. The lowest BCUT2D eigenvalue weighted by atomic mass is 9.75. The van der Waals surface area contributed by atoms with Gasteiger partial charge in [-0.3, -0.25) is 9.48 Å². The molecule has 1 aromatic heterocycles. The number of nitrogen functional groups attached to an aromatic ring is 1. The molecule has 1 unspecified atom stereocenters. The summed E-state index contributed by atoms with van der Waals surface area (Å²) in [4.78, 5) is 12.3. The second-order valence-corrected chi connectivity index (χ2v) is 6.40. The summed E-state index contributed by atoms with van der Waals surface area (Å²) in [6, 6.07) is 0.242. The van der Waals surface area contributed by atoms with Gasteiger partial charge in [0.25, 0.3) is 5.91 Å². The van der Waals surface area contributed by atoms with Gasteiger partial charge in [-0.05, 0) is 31.6 Å². The molecule has 1 atom stereocenters. The number of hydrogen-bond acceptors (Lipinski definition) is 3. The first-order valence-corrected chi connectivity index (χ1v) is 6.90. The Morgan fingerprint density at radius 2 is 2.21 bits per heavy atom. The van der Waals surface area contributed by atoms with Gasteiger partial charge >= 0.3 is 0 Å². The third kappa shape index (κ3) is 2.91. The van der Waals surface area contributed by atoms with Crippen molar-refractivity contribution in [3.05, 3.63) is 11.4 Å². The van der Waals surface area contributed by atoms with Crippen LogP contribution in [0.3, 0.4) is 0 Å². The molecule has 1 fully saturated rings. The van der Waals surface area contributed by atoms with E-state index in [0.717, 1.165) is 19.3 Å². The molecule has 1 aliphatic rings. The number of hydrogen-bond donors (Lipinski definition) is 2. The number of aryl methyl sites for hydroxylation is 2. The highest BCUT2D eigenvalue weighted by Gasteiger charge is 2.30. The van der Waals surface area contributed by atoms with Crippen LogP contribution in [-0.2, 0) is 7.05 Å². The van der Waals surface area contributed by atoms with Crippen LogP contribution in [0.4, 0.5) is 5.69 Å². The molecule has 5 nitrogen and oxygen atoms in total. The maximum Gasteiger partial charge on any atom is 0.271 e. The number of nitrogens with one attached hydrogen (secondary N) is 1. The van der Waals surface area contributed by atoms with Crippen molar-refractivity contribution in [3.63, 3.8) is 0 Å². The van der Waals surface area contributed by atoms with E-state index in [9.17, 15) is 4.79 Å². The van der Waals surface area contributed by atoms with E-state index in [1.165, 1.54) is 6.42 Å². The molecule has 19 heavy (non-hydrogen) atoms. The van der Waals surface area contributed by atoms with Crippen molar-refractivity contribution in [1.82, 2.24) is 15.1 Å². The lowest BCUT2D eigenvalue weighted by Gasteiger charge is -2.35. The second kappa shape index (κ2) is 4.87. The van der Waals surface area contributed by atoms with Gasteiger partial charge in [0.2, 0.25) is 0 Å². The van der Waals surface area contributed by atoms with E-state index in [4.69, 9.17) is 5.73 Å². The number of amides is 1. The van der Waals surface area contributed by atoms with Crippen LogP contribution < -0.4 is 11.1 Å². The highest BCUT2D eigenvalue weighted by Crippen LogP contribution is 2.35. The lowest BCUT2D eigenvalue weighted by molar-refractivity contribution is 0.0894. The first-order valence-electron chi connectivity index (χ1n) is 6.90. The minimum atomic E-state index is -0.108. The van der Waals surface area contributed by atoms with Crippen LogP contribution in [0, 0.1) is 12.3 Å². The van der Waals surface area contributed by atoms with Gasteiger partial charge in [-0.2, -0.15) is 5.10 Å². The minimum absolute atomic E-state index is 0.108. The maximum atomic E-state index is 12.3. The molecule has 106 valence electrons. The average molecular weight is 264 g/mol. The van der Waals surface area contributed by atoms with Gasteiger partial charge < -0.3 is 11.1 Å². The SMILES string of the molecule is Cc1nn(C)c(C(=O)NC2CCCC(C)(C)C2)c1N. The Bertz CT molecular complexity index is 490. The molecule has 0 aliphatic heterocycles. The van der Waals surface area contributed by atoms with E-state index in [2.05, 4.69) is 24.3 Å². The van der Waals surface area contributed by atoms with Crippen LogP contribution in [0.15, 0.2) is 0 Å². The standard InChI is InChI=1S/C14H24N4O/c1-9-11(15)12(18(4)17-9)13(19)16-10-6-5-7-14(2,3)8-10/h10H,5-8,15H2,1-4H3,(H,16,19). The fourth-order valence-electron chi connectivity index (χ4n) is 3.02. The van der Waals surface area contributed by atoms with Gasteiger partial charge in [0, 0.05) is 13.1 Å². The molecule has 0 spiro atoms. The van der Waals surface area contributed by atoms with Crippen LogP contribution in [0.25, 0.3) is 0 Å². The Labute approximate surface area is 114 Å². The smallest absolute Gasteiger partial charge is 0.271 e. The molecule has 3 N–H and O–H groups in total. The van der Waals surface area contributed by atoms with Gasteiger partial charge in [-0.1, -0.05) is 20.3 Å². The van der Waals surface area contributed by atoms with Crippen molar-refractivity contribution in [2.24, 2.45) is 12.5 Å². The molecule has 5 heteroatoms. The number of anilines is 1. The number of rotatable bonds is 2. The zero-order valence-electron chi connectivity index (χ0n) is 12.3. The third-order valence-corrected chi connectivity index (χ3v) is 4.02. The molecule has 1 heterocycles. The Balaban J connectivity index is 2.09. The van der Waals surface area contributed by atoms with Gasteiger partial charge in [0.15, 0.2) is 0 Å². The zero-order valence-corrected chi connectivity index (χ0v) is 12.3. The number of carbonyl (C=O) groups is 1.